The van der Waals surface area contributed by atoms with Crippen LogP contribution in [0.25, 0.3) is 0 Å². The maximum Gasteiger partial charge on any atom is 0.251 e. The predicted octanol–water partition coefficient (Wildman–Crippen LogP) is 1.95. The van der Waals surface area contributed by atoms with Crippen molar-refractivity contribution in [2.24, 2.45) is 0 Å². The van der Waals surface area contributed by atoms with Gasteiger partial charge in [0.15, 0.2) is 11.5 Å². The number of nitrogens with one attached hydrogen (secondary N) is 2. The van der Waals surface area contributed by atoms with Crippen LogP contribution in [0.5, 0.6) is 11.5 Å². The largest absolute Gasteiger partial charge is 0.454 e. The maximum absolute atomic E-state index is 12.2. The van der Waals surface area contributed by atoms with Crippen molar-refractivity contribution in [3.05, 3.63) is 41.0 Å². The molecule has 114 valence electrons. The van der Waals surface area contributed by atoms with Crippen LogP contribution in [0.2, 0.25) is 0 Å². The summed E-state index contributed by atoms with van der Waals surface area (Å²) in [6.07, 6.45) is 4.49. The molecular weight excluding hydrogens is 282 g/mol. The van der Waals surface area contributed by atoms with Crippen molar-refractivity contribution in [3.63, 3.8) is 0 Å². The lowest BCUT2D eigenvalue weighted by Gasteiger charge is -2.07. The number of imidazole rings is 1. The fourth-order valence-corrected chi connectivity index (χ4v) is 2.90. The molecule has 0 unspecified atom stereocenters. The third kappa shape index (κ3) is 2.41. The van der Waals surface area contributed by atoms with Crippen LogP contribution in [0.3, 0.4) is 0 Å². The highest BCUT2D eigenvalue weighted by Gasteiger charge is 2.17. The molecule has 1 amide bonds. The number of ether oxygens (including phenoxy) is 2. The molecule has 0 spiro atoms. The van der Waals surface area contributed by atoms with Gasteiger partial charge in [-0.2, -0.15) is 0 Å². The highest BCUT2D eigenvalue weighted by Crippen LogP contribution is 2.32. The minimum Gasteiger partial charge on any atom is -0.454 e. The second-order valence-electron chi connectivity index (χ2n) is 5.57. The summed E-state index contributed by atoms with van der Waals surface area (Å²) in [7, 11) is 0. The van der Waals surface area contributed by atoms with Gasteiger partial charge in [0.25, 0.3) is 5.91 Å². The topological polar surface area (TPSA) is 76.2 Å². The summed E-state index contributed by atoms with van der Waals surface area (Å²) >= 11 is 0. The Bertz CT molecular complexity index is 700. The Morgan fingerprint density at radius 1 is 1.23 bits per heavy atom. The molecule has 1 aromatic carbocycles. The summed E-state index contributed by atoms with van der Waals surface area (Å²) in [6.45, 7) is 0.610. The monoisotopic (exact) mass is 299 g/mol. The van der Waals surface area contributed by atoms with Gasteiger partial charge in [0.2, 0.25) is 6.79 Å². The van der Waals surface area contributed by atoms with Gasteiger partial charge in [-0.25, -0.2) is 4.98 Å². The van der Waals surface area contributed by atoms with Crippen molar-refractivity contribution in [3.8, 4) is 11.5 Å². The Hall–Kier alpha value is -2.50. The van der Waals surface area contributed by atoms with Crippen LogP contribution in [-0.4, -0.2) is 22.7 Å². The van der Waals surface area contributed by atoms with E-state index in [-0.39, 0.29) is 12.7 Å². The molecule has 2 aliphatic rings. The van der Waals surface area contributed by atoms with Crippen LogP contribution in [0.15, 0.2) is 18.2 Å². The summed E-state index contributed by atoms with van der Waals surface area (Å²) in [5.74, 6) is 1.96. The molecule has 0 bridgehead atoms. The summed E-state index contributed by atoms with van der Waals surface area (Å²) in [5, 5.41) is 2.89. The Kier molecular flexibility index (Phi) is 3.21. The van der Waals surface area contributed by atoms with Crippen molar-refractivity contribution < 1.29 is 14.3 Å². The fourth-order valence-electron chi connectivity index (χ4n) is 2.90. The number of fused-ring (bicyclic) bond motifs is 2. The number of aromatic nitrogens is 2. The van der Waals surface area contributed by atoms with Crippen molar-refractivity contribution in [2.45, 2.75) is 32.2 Å². The highest BCUT2D eigenvalue weighted by atomic mass is 16.7. The maximum atomic E-state index is 12.2. The van der Waals surface area contributed by atoms with Gasteiger partial charge in [-0.15, -0.1) is 0 Å². The standard InChI is InChI=1S/C16H17N3O3/c20-16(10-5-6-13-14(7-10)22-9-21-13)17-8-15-18-11-3-1-2-4-12(11)19-15/h5-7H,1-4,8-9H2,(H,17,20)(H,18,19). The van der Waals surface area contributed by atoms with E-state index in [4.69, 9.17) is 9.47 Å². The van der Waals surface area contributed by atoms with Crippen LogP contribution in [0, 0.1) is 0 Å². The van der Waals surface area contributed by atoms with E-state index in [0.29, 0.717) is 23.6 Å². The first-order valence-corrected chi connectivity index (χ1v) is 7.54. The van der Waals surface area contributed by atoms with Crippen LogP contribution < -0.4 is 14.8 Å². The Balaban J connectivity index is 1.43. The Labute approximate surface area is 127 Å². The van der Waals surface area contributed by atoms with E-state index in [1.165, 1.54) is 18.5 Å². The van der Waals surface area contributed by atoms with Crippen LogP contribution >= 0.6 is 0 Å². The smallest absolute Gasteiger partial charge is 0.251 e. The third-order valence-corrected chi connectivity index (χ3v) is 4.05. The zero-order valence-electron chi connectivity index (χ0n) is 12.1. The zero-order chi connectivity index (χ0) is 14.9. The van der Waals surface area contributed by atoms with E-state index in [1.807, 2.05) is 0 Å². The highest BCUT2D eigenvalue weighted by molar-refractivity contribution is 5.94. The average molecular weight is 299 g/mol. The lowest BCUT2D eigenvalue weighted by Crippen LogP contribution is -2.23. The van der Waals surface area contributed by atoms with E-state index in [9.17, 15) is 4.79 Å². The Morgan fingerprint density at radius 2 is 2.09 bits per heavy atom. The molecule has 2 N–H and O–H groups in total. The molecule has 4 rings (SSSR count). The molecule has 0 radical (unpaired) electrons. The molecule has 0 atom stereocenters. The van der Waals surface area contributed by atoms with E-state index < -0.39 is 0 Å². The van der Waals surface area contributed by atoms with Gasteiger partial charge in [0.1, 0.15) is 5.82 Å². The van der Waals surface area contributed by atoms with E-state index >= 15 is 0 Å². The van der Waals surface area contributed by atoms with Crippen molar-refractivity contribution in [1.29, 1.82) is 0 Å². The molecule has 2 aromatic rings. The molecule has 6 nitrogen and oxygen atoms in total. The van der Waals surface area contributed by atoms with E-state index in [1.54, 1.807) is 18.2 Å². The number of aromatic amines is 1. The molecule has 6 heteroatoms. The summed E-state index contributed by atoms with van der Waals surface area (Å²) in [6, 6.07) is 5.18. The first-order chi connectivity index (χ1) is 10.8. The average Bonchev–Trinajstić information content (AvgIpc) is 3.17. The summed E-state index contributed by atoms with van der Waals surface area (Å²) < 4.78 is 10.5. The number of hydrogen-bond acceptors (Lipinski definition) is 4. The van der Waals surface area contributed by atoms with Crippen molar-refractivity contribution >= 4 is 5.91 Å². The Morgan fingerprint density at radius 3 is 3.00 bits per heavy atom. The number of H-pyrrole nitrogens is 1. The summed E-state index contributed by atoms with van der Waals surface area (Å²) in [5.41, 5.74) is 2.93. The van der Waals surface area contributed by atoms with Gasteiger partial charge in [0, 0.05) is 11.3 Å². The van der Waals surface area contributed by atoms with Crippen LogP contribution in [0.1, 0.15) is 40.4 Å². The molecule has 2 heterocycles. The molecule has 0 saturated carbocycles. The lowest BCUT2D eigenvalue weighted by atomic mass is 10.0. The van der Waals surface area contributed by atoms with Crippen molar-refractivity contribution in [1.82, 2.24) is 15.3 Å². The van der Waals surface area contributed by atoms with Crippen LogP contribution in [-0.2, 0) is 19.4 Å². The number of hydrogen-bond donors (Lipinski definition) is 2. The molecule has 1 aromatic heterocycles. The molecule has 0 saturated heterocycles. The van der Waals surface area contributed by atoms with Gasteiger partial charge in [-0.3, -0.25) is 4.79 Å². The summed E-state index contributed by atoms with van der Waals surface area (Å²) in [4.78, 5) is 20.1. The normalized spacial score (nSPS) is 15.5. The molecule has 1 aliphatic carbocycles. The molecule has 1 aliphatic heterocycles. The minimum atomic E-state index is -0.146. The first-order valence-electron chi connectivity index (χ1n) is 7.54. The number of carbonyl (C=O) groups is 1. The van der Waals surface area contributed by atoms with E-state index in [2.05, 4.69) is 15.3 Å². The van der Waals surface area contributed by atoms with Crippen LogP contribution in [0.4, 0.5) is 0 Å². The van der Waals surface area contributed by atoms with Gasteiger partial charge in [-0.1, -0.05) is 0 Å². The lowest BCUT2D eigenvalue weighted by molar-refractivity contribution is 0.0949. The van der Waals surface area contributed by atoms with Gasteiger partial charge < -0.3 is 19.8 Å². The third-order valence-electron chi connectivity index (χ3n) is 4.05. The molecular formula is C16H17N3O3. The first kappa shape index (κ1) is 13.2. The number of benzene rings is 1. The van der Waals surface area contributed by atoms with Crippen molar-refractivity contribution in [2.75, 3.05) is 6.79 Å². The number of rotatable bonds is 3. The number of amides is 1. The van der Waals surface area contributed by atoms with Gasteiger partial charge >= 0.3 is 0 Å². The van der Waals surface area contributed by atoms with Gasteiger partial charge in [-0.05, 0) is 43.9 Å². The van der Waals surface area contributed by atoms with Gasteiger partial charge in [0.05, 0.1) is 12.2 Å². The second-order valence-corrected chi connectivity index (χ2v) is 5.57. The molecule has 22 heavy (non-hydrogen) atoms. The number of aryl methyl sites for hydroxylation is 2. The van der Waals surface area contributed by atoms with E-state index in [0.717, 1.165) is 24.4 Å². The molecule has 0 fully saturated rings. The quantitative estimate of drug-likeness (QED) is 0.908. The number of carbonyl (C=O) groups excluding carboxylic acids is 1. The predicted molar refractivity (Wildman–Crippen MR) is 79.0 cm³/mol. The minimum absolute atomic E-state index is 0.146. The zero-order valence-corrected chi connectivity index (χ0v) is 12.1. The second kappa shape index (κ2) is 5.36. The number of nitrogens with zero attached hydrogens (tertiary/aromatic N) is 1. The SMILES string of the molecule is O=C(NCc1nc2c([nH]1)CCCC2)c1ccc2c(c1)OCO2. The fraction of sp³-hybridized carbons (Fsp3) is 0.375.